The highest BCUT2D eigenvalue weighted by Crippen LogP contribution is 2.33. The Balaban J connectivity index is 1.39. The van der Waals surface area contributed by atoms with Gasteiger partial charge in [-0.15, -0.1) is 0 Å². The Labute approximate surface area is 146 Å². The zero-order valence-electron chi connectivity index (χ0n) is 13.9. The molecule has 2 aromatic heterocycles. The van der Waals surface area contributed by atoms with E-state index in [1.807, 2.05) is 23.1 Å². The highest BCUT2D eigenvalue weighted by molar-refractivity contribution is 7.07. The molecule has 4 rings (SSSR count). The van der Waals surface area contributed by atoms with Crippen molar-refractivity contribution in [3.05, 3.63) is 40.8 Å². The summed E-state index contributed by atoms with van der Waals surface area (Å²) in [5, 5.41) is 8.61. The van der Waals surface area contributed by atoms with Gasteiger partial charge in [0.1, 0.15) is 0 Å². The quantitative estimate of drug-likeness (QED) is 0.837. The highest BCUT2D eigenvalue weighted by atomic mass is 32.1. The van der Waals surface area contributed by atoms with Gasteiger partial charge in [0.15, 0.2) is 0 Å². The first-order chi connectivity index (χ1) is 11.8. The molecule has 2 aromatic rings. The van der Waals surface area contributed by atoms with Gasteiger partial charge in [-0.1, -0.05) is 0 Å². The van der Waals surface area contributed by atoms with Crippen LogP contribution in [0.3, 0.4) is 0 Å². The van der Waals surface area contributed by atoms with Crippen molar-refractivity contribution >= 4 is 17.2 Å². The van der Waals surface area contributed by atoms with E-state index in [4.69, 9.17) is 0 Å². The van der Waals surface area contributed by atoms with E-state index in [0.29, 0.717) is 12.6 Å². The number of nitrogens with zero attached hydrogens (tertiary/aromatic N) is 4. The minimum absolute atomic E-state index is 0.288. The van der Waals surface area contributed by atoms with E-state index in [0.717, 1.165) is 38.9 Å². The third-order valence-electron chi connectivity index (χ3n) is 5.30. The molecular weight excluding hydrogens is 320 g/mol. The smallest absolute Gasteiger partial charge is 0.237 e. The van der Waals surface area contributed by atoms with Crippen molar-refractivity contribution in [1.82, 2.24) is 19.6 Å². The first-order valence-corrected chi connectivity index (χ1v) is 9.78. The molecule has 0 aromatic carbocycles. The van der Waals surface area contributed by atoms with E-state index in [9.17, 15) is 4.79 Å². The standard InChI is InChI=1S/C18H24N4OS/c23-18(22-10-2-5-17(22)15-6-11-24-14-15)13-20-8-1-4-16(20)12-21-9-3-7-19-21/h3,6-7,9,11,14,16-17H,1-2,4-5,8,10,12-13H2/t16-,17+/m0/s1. The van der Waals surface area contributed by atoms with Crippen LogP contribution < -0.4 is 0 Å². The molecule has 0 radical (unpaired) electrons. The molecule has 128 valence electrons. The van der Waals surface area contributed by atoms with Crippen LogP contribution in [0.25, 0.3) is 0 Å². The molecule has 2 fully saturated rings. The summed E-state index contributed by atoms with van der Waals surface area (Å²) >= 11 is 1.72. The molecule has 0 saturated carbocycles. The average molecular weight is 344 g/mol. The van der Waals surface area contributed by atoms with Crippen molar-refractivity contribution in [3.8, 4) is 0 Å². The second-order valence-electron chi connectivity index (χ2n) is 6.80. The van der Waals surface area contributed by atoms with Gasteiger partial charge in [-0.3, -0.25) is 14.4 Å². The molecule has 2 aliphatic rings. The number of amides is 1. The van der Waals surface area contributed by atoms with Crippen LogP contribution in [0.15, 0.2) is 35.3 Å². The number of aromatic nitrogens is 2. The van der Waals surface area contributed by atoms with E-state index < -0.39 is 0 Å². The molecule has 24 heavy (non-hydrogen) atoms. The predicted octanol–water partition coefficient (Wildman–Crippen LogP) is 2.77. The van der Waals surface area contributed by atoms with Crippen molar-refractivity contribution in [2.45, 2.75) is 44.3 Å². The molecule has 2 aliphatic heterocycles. The molecule has 0 aliphatic carbocycles. The van der Waals surface area contributed by atoms with Crippen molar-refractivity contribution < 1.29 is 4.79 Å². The van der Waals surface area contributed by atoms with Crippen molar-refractivity contribution in [2.24, 2.45) is 0 Å². The van der Waals surface area contributed by atoms with Crippen LogP contribution in [0.1, 0.15) is 37.3 Å². The van der Waals surface area contributed by atoms with Crippen LogP contribution >= 0.6 is 11.3 Å². The third kappa shape index (κ3) is 3.26. The lowest BCUT2D eigenvalue weighted by Crippen LogP contribution is -2.43. The Hall–Kier alpha value is -1.66. The van der Waals surface area contributed by atoms with Gasteiger partial charge in [0.05, 0.1) is 19.1 Å². The van der Waals surface area contributed by atoms with Gasteiger partial charge < -0.3 is 4.90 Å². The Morgan fingerprint density at radius 1 is 1.29 bits per heavy atom. The number of thiophene rings is 1. The SMILES string of the molecule is O=C(CN1CCC[C@H]1Cn1cccn1)N1CCC[C@@H]1c1ccsc1. The van der Waals surface area contributed by atoms with Crippen LogP contribution in [0.4, 0.5) is 0 Å². The molecule has 0 bridgehead atoms. The molecule has 0 unspecified atom stereocenters. The summed E-state index contributed by atoms with van der Waals surface area (Å²) in [6.07, 6.45) is 8.36. The molecule has 2 atom stereocenters. The fourth-order valence-electron chi connectivity index (χ4n) is 4.08. The summed E-state index contributed by atoms with van der Waals surface area (Å²) < 4.78 is 1.98. The first-order valence-electron chi connectivity index (χ1n) is 8.84. The fourth-order valence-corrected chi connectivity index (χ4v) is 4.78. The Morgan fingerprint density at radius 3 is 3.00 bits per heavy atom. The van der Waals surface area contributed by atoms with E-state index in [2.05, 4.69) is 31.7 Å². The lowest BCUT2D eigenvalue weighted by Gasteiger charge is -2.29. The number of hydrogen-bond acceptors (Lipinski definition) is 4. The van der Waals surface area contributed by atoms with Gasteiger partial charge >= 0.3 is 0 Å². The topological polar surface area (TPSA) is 41.4 Å². The Kier molecular flexibility index (Phi) is 4.67. The van der Waals surface area contributed by atoms with Crippen molar-refractivity contribution in [3.63, 3.8) is 0 Å². The van der Waals surface area contributed by atoms with Crippen LogP contribution in [0, 0.1) is 0 Å². The van der Waals surface area contributed by atoms with Gasteiger partial charge in [-0.2, -0.15) is 16.4 Å². The second-order valence-corrected chi connectivity index (χ2v) is 7.58. The molecule has 0 N–H and O–H groups in total. The molecule has 5 nitrogen and oxygen atoms in total. The fraction of sp³-hybridized carbons (Fsp3) is 0.556. The molecule has 0 spiro atoms. The number of carbonyl (C=O) groups is 1. The molecule has 2 saturated heterocycles. The number of carbonyl (C=O) groups excluding carboxylic acids is 1. The third-order valence-corrected chi connectivity index (χ3v) is 6.00. The van der Waals surface area contributed by atoms with E-state index in [1.165, 1.54) is 12.0 Å². The number of rotatable bonds is 5. The zero-order chi connectivity index (χ0) is 16.4. The van der Waals surface area contributed by atoms with E-state index in [-0.39, 0.29) is 11.9 Å². The van der Waals surface area contributed by atoms with Crippen LogP contribution in [0.2, 0.25) is 0 Å². The van der Waals surface area contributed by atoms with Gasteiger partial charge in [0.25, 0.3) is 0 Å². The summed E-state index contributed by atoms with van der Waals surface area (Å²) in [6.45, 7) is 3.35. The maximum Gasteiger partial charge on any atom is 0.237 e. The summed E-state index contributed by atoms with van der Waals surface area (Å²) in [6, 6.07) is 4.84. The summed E-state index contributed by atoms with van der Waals surface area (Å²) in [4.78, 5) is 17.4. The summed E-state index contributed by atoms with van der Waals surface area (Å²) in [5.41, 5.74) is 1.31. The number of likely N-dealkylation sites (tertiary alicyclic amines) is 2. The van der Waals surface area contributed by atoms with Crippen LogP contribution in [-0.4, -0.2) is 51.2 Å². The normalized spacial score (nSPS) is 24.8. The largest absolute Gasteiger partial charge is 0.335 e. The maximum atomic E-state index is 12.9. The minimum Gasteiger partial charge on any atom is -0.335 e. The van der Waals surface area contributed by atoms with Crippen LogP contribution in [0.5, 0.6) is 0 Å². The number of hydrogen-bond donors (Lipinski definition) is 0. The second kappa shape index (κ2) is 7.07. The van der Waals surface area contributed by atoms with E-state index >= 15 is 0 Å². The summed E-state index contributed by atoms with van der Waals surface area (Å²) in [5.74, 6) is 0.288. The Morgan fingerprint density at radius 2 is 2.21 bits per heavy atom. The maximum absolute atomic E-state index is 12.9. The van der Waals surface area contributed by atoms with Gasteiger partial charge in [-0.25, -0.2) is 0 Å². The van der Waals surface area contributed by atoms with E-state index in [1.54, 1.807) is 11.3 Å². The molecular formula is C18H24N4OS. The van der Waals surface area contributed by atoms with Crippen LogP contribution in [-0.2, 0) is 11.3 Å². The van der Waals surface area contributed by atoms with Gasteiger partial charge in [0.2, 0.25) is 5.91 Å². The molecule has 1 amide bonds. The van der Waals surface area contributed by atoms with Crippen molar-refractivity contribution in [2.75, 3.05) is 19.6 Å². The molecule has 4 heterocycles. The molecule has 6 heteroatoms. The van der Waals surface area contributed by atoms with Gasteiger partial charge in [-0.05, 0) is 60.7 Å². The van der Waals surface area contributed by atoms with Crippen molar-refractivity contribution in [1.29, 1.82) is 0 Å². The lowest BCUT2D eigenvalue weighted by molar-refractivity contribution is -0.133. The average Bonchev–Trinajstić information content (AvgIpc) is 3.37. The zero-order valence-corrected chi connectivity index (χ0v) is 14.7. The Bertz CT molecular complexity index is 655. The predicted molar refractivity (Wildman–Crippen MR) is 94.8 cm³/mol. The highest BCUT2D eigenvalue weighted by Gasteiger charge is 2.33. The lowest BCUT2D eigenvalue weighted by atomic mass is 10.1. The van der Waals surface area contributed by atoms with Gasteiger partial charge in [0, 0.05) is 25.0 Å². The minimum atomic E-state index is 0.288. The first kappa shape index (κ1) is 15.8. The summed E-state index contributed by atoms with van der Waals surface area (Å²) in [7, 11) is 0. The monoisotopic (exact) mass is 344 g/mol.